The molecule has 4 aliphatic heterocycles. The molecule has 2 fully saturated rings. The highest BCUT2D eigenvalue weighted by Crippen LogP contribution is 2.31. The standard InChI is InChI=1S/C27H29N5O3.C18H12FN3O.C9H18N2O2/c1-27(2,3)35-26(34)32-12-10-31(11-13-32)23-15-20(7-8-28-23)25-22-14-18(4-5-21(22)17-30-25)19-6-9-29-24(33)16-19;19-16-8-13(4-5-20-16)18-15-7-11(1-2-14(15)10-22-18)12-3-6-21-17(23)9-12;1-9(2,3)13-8(12)11-6-4-10-5-7-11/h4-9,14-16H,10-13,17H2,1-3H3,(H,29,33);1-9H,10H2,(H,21,23);10H,4-7H2,1-3H3. The molecule has 6 aromatic rings. The molecule has 0 radical (unpaired) electrons. The number of piperazine rings is 2. The first kappa shape index (κ1) is 49.6. The zero-order valence-electron chi connectivity index (χ0n) is 40.9. The molecule has 0 saturated carbocycles. The van der Waals surface area contributed by atoms with Gasteiger partial charge in [0, 0.05) is 118 Å². The van der Waals surface area contributed by atoms with Gasteiger partial charge < -0.3 is 39.5 Å². The van der Waals surface area contributed by atoms with Crippen molar-refractivity contribution in [3.05, 3.63) is 170 Å². The molecule has 8 heterocycles. The van der Waals surface area contributed by atoms with Crippen LogP contribution in [-0.2, 0) is 22.6 Å². The zero-order valence-corrected chi connectivity index (χ0v) is 40.9. The number of H-pyrrole nitrogens is 2. The van der Waals surface area contributed by atoms with Crippen molar-refractivity contribution >= 4 is 29.4 Å². The van der Waals surface area contributed by atoms with E-state index in [1.54, 1.807) is 40.4 Å². The molecule has 2 saturated heterocycles. The SMILES string of the molecule is CC(C)(C)OC(=O)N1CCN(c2cc(C3=NCc4ccc(-c5cc[nH]c(=O)c5)cc43)ccn2)CC1.CC(C)(C)OC(=O)N1CCNCC1.O=c1cc(-c2ccc3c(c2)C(c2ccnc(F)c2)=NC3)cc[nH]1. The smallest absolute Gasteiger partial charge is 0.410 e. The Labute approximate surface area is 411 Å². The number of nitrogens with one attached hydrogen (secondary N) is 3. The predicted molar refractivity (Wildman–Crippen MR) is 273 cm³/mol. The quantitative estimate of drug-likeness (QED) is 0.145. The number of amides is 2. The van der Waals surface area contributed by atoms with Gasteiger partial charge in [0.1, 0.15) is 17.0 Å². The Kier molecular flexibility index (Phi) is 15.0. The van der Waals surface area contributed by atoms with Crippen molar-refractivity contribution in [1.29, 1.82) is 0 Å². The molecule has 0 unspecified atom stereocenters. The highest BCUT2D eigenvalue weighted by atomic mass is 19.1. The van der Waals surface area contributed by atoms with Gasteiger partial charge in [-0.15, -0.1) is 0 Å². The van der Waals surface area contributed by atoms with E-state index in [9.17, 15) is 23.6 Å². The number of carbonyl (C=O) groups is 2. The fourth-order valence-electron chi connectivity index (χ4n) is 8.38. The zero-order chi connectivity index (χ0) is 50.3. The van der Waals surface area contributed by atoms with Crippen LogP contribution < -0.4 is 21.3 Å². The van der Waals surface area contributed by atoms with E-state index >= 15 is 0 Å². The predicted octanol–water partition coefficient (Wildman–Crippen LogP) is 7.60. The topological polar surface area (TPSA) is 191 Å². The summed E-state index contributed by atoms with van der Waals surface area (Å²) in [6.45, 7) is 18.2. The second-order valence-corrected chi connectivity index (χ2v) is 19.4. The van der Waals surface area contributed by atoms with Crippen LogP contribution >= 0.6 is 0 Å². The van der Waals surface area contributed by atoms with E-state index in [-0.39, 0.29) is 28.9 Å². The summed E-state index contributed by atoms with van der Waals surface area (Å²) in [6, 6.07) is 26.3. The summed E-state index contributed by atoms with van der Waals surface area (Å²) in [5.41, 5.74) is 10.2. The van der Waals surface area contributed by atoms with Crippen molar-refractivity contribution in [2.24, 2.45) is 9.98 Å². The molecule has 2 aromatic carbocycles. The third-order valence-electron chi connectivity index (χ3n) is 11.8. The monoisotopic (exact) mass is 962 g/mol. The number of aromatic nitrogens is 4. The van der Waals surface area contributed by atoms with Crippen LogP contribution in [0.25, 0.3) is 22.3 Å². The number of hydrogen-bond acceptors (Lipinski definition) is 12. The molecular formula is C54H59FN10O6. The Morgan fingerprint density at radius 1 is 0.549 bits per heavy atom. The van der Waals surface area contributed by atoms with Gasteiger partial charge in [-0.05, 0) is 117 Å². The molecule has 17 heteroatoms. The first-order valence-electron chi connectivity index (χ1n) is 23.7. The lowest BCUT2D eigenvalue weighted by Gasteiger charge is -2.36. The van der Waals surface area contributed by atoms with Crippen molar-refractivity contribution in [1.82, 2.24) is 35.1 Å². The first-order chi connectivity index (χ1) is 34.0. The van der Waals surface area contributed by atoms with Gasteiger partial charge in [0.2, 0.25) is 17.1 Å². The van der Waals surface area contributed by atoms with Crippen LogP contribution in [0.15, 0.2) is 129 Å². The molecule has 16 nitrogen and oxygen atoms in total. The van der Waals surface area contributed by atoms with E-state index in [1.807, 2.05) is 90.2 Å². The molecule has 368 valence electrons. The number of aromatic amines is 2. The van der Waals surface area contributed by atoms with E-state index in [0.29, 0.717) is 44.8 Å². The Bertz CT molecular complexity index is 3080. The lowest BCUT2D eigenvalue weighted by atomic mass is 9.96. The second-order valence-electron chi connectivity index (χ2n) is 19.4. The fourth-order valence-corrected chi connectivity index (χ4v) is 8.38. The number of halogens is 1. The first-order valence-corrected chi connectivity index (χ1v) is 23.7. The van der Waals surface area contributed by atoms with Crippen LogP contribution in [0, 0.1) is 5.95 Å². The van der Waals surface area contributed by atoms with Crippen LogP contribution in [0.3, 0.4) is 0 Å². The molecule has 0 bridgehead atoms. The molecule has 71 heavy (non-hydrogen) atoms. The maximum absolute atomic E-state index is 13.4. The van der Waals surface area contributed by atoms with Gasteiger partial charge in [0.05, 0.1) is 24.5 Å². The number of hydrogen-bond donors (Lipinski definition) is 3. The maximum atomic E-state index is 13.4. The Morgan fingerprint density at radius 3 is 1.49 bits per heavy atom. The van der Waals surface area contributed by atoms with Crippen molar-refractivity contribution in [3.63, 3.8) is 0 Å². The average molecular weight is 963 g/mol. The molecule has 0 atom stereocenters. The number of anilines is 1. The number of nitrogens with zero attached hydrogens (tertiary/aromatic N) is 7. The van der Waals surface area contributed by atoms with Gasteiger partial charge in [0.15, 0.2) is 0 Å². The van der Waals surface area contributed by atoms with Crippen molar-refractivity contribution in [3.8, 4) is 22.3 Å². The van der Waals surface area contributed by atoms with E-state index < -0.39 is 11.5 Å². The number of fused-ring (bicyclic) bond motifs is 2. The maximum Gasteiger partial charge on any atom is 0.410 e. The van der Waals surface area contributed by atoms with Gasteiger partial charge in [-0.2, -0.15) is 4.39 Å². The summed E-state index contributed by atoms with van der Waals surface area (Å²) < 4.78 is 24.1. The van der Waals surface area contributed by atoms with Crippen molar-refractivity contribution in [2.75, 3.05) is 57.3 Å². The minimum absolute atomic E-state index is 0.123. The summed E-state index contributed by atoms with van der Waals surface area (Å²) in [7, 11) is 0. The summed E-state index contributed by atoms with van der Waals surface area (Å²) in [4.78, 5) is 75.6. The number of carbonyl (C=O) groups excluding carboxylic acids is 2. The van der Waals surface area contributed by atoms with Gasteiger partial charge in [-0.3, -0.25) is 19.6 Å². The van der Waals surface area contributed by atoms with Gasteiger partial charge in [-0.25, -0.2) is 19.6 Å². The van der Waals surface area contributed by atoms with E-state index in [1.165, 1.54) is 12.3 Å². The number of rotatable bonds is 5. The second kappa shape index (κ2) is 21.5. The average Bonchev–Trinajstić information content (AvgIpc) is 3.98. The lowest BCUT2D eigenvalue weighted by molar-refractivity contribution is 0.0223. The van der Waals surface area contributed by atoms with E-state index in [2.05, 4.69) is 53.3 Å². The third-order valence-corrected chi connectivity index (χ3v) is 11.8. The van der Waals surface area contributed by atoms with Crippen LogP contribution in [0.1, 0.15) is 74.9 Å². The van der Waals surface area contributed by atoms with Crippen LogP contribution in [0.5, 0.6) is 0 Å². The summed E-state index contributed by atoms with van der Waals surface area (Å²) in [5, 5.41) is 3.18. The third kappa shape index (κ3) is 12.9. The summed E-state index contributed by atoms with van der Waals surface area (Å²) in [6.07, 6.45) is 6.06. The van der Waals surface area contributed by atoms with Crippen LogP contribution in [-0.4, -0.2) is 117 Å². The van der Waals surface area contributed by atoms with Crippen molar-refractivity contribution < 1.29 is 23.5 Å². The number of benzene rings is 2. The summed E-state index contributed by atoms with van der Waals surface area (Å²) >= 11 is 0. The Morgan fingerprint density at radius 2 is 1.01 bits per heavy atom. The van der Waals surface area contributed by atoms with E-state index in [0.717, 1.165) is 93.5 Å². The van der Waals surface area contributed by atoms with Crippen LogP contribution in [0.4, 0.5) is 19.8 Å². The molecular weight excluding hydrogens is 904 g/mol. The molecule has 10 rings (SSSR count). The van der Waals surface area contributed by atoms with Gasteiger partial charge in [-0.1, -0.05) is 24.3 Å². The van der Waals surface area contributed by atoms with E-state index in [4.69, 9.17) is 14.5 Å². The highest BCUT2D eigenvalue weighted by molar-refractivity contribution is 6.16. The van der Waals surface area contributed by atoms with Gasteiger partial charge in [0.25, 0.3) is 0 Å². The summed E-state index contributed by atoms with van der Waals surface area (Å²) in [5.74, 6) is 0.345. The number of ether oxygens (including phenoxy) is 2. The molecule has 2 amide bonds. The van der Waals surface area contributed by atoms with Crippen molar-refractivity contribution in [2.45, 2.75) is 65.8 Å². The molecule has 4 aliphatic rings. The molecule has 0 aliphatic carbocycles. The normalized spacial score (nSPS) is 15.2. The molecule has 3 N–H and O–H groups in total. The number of aliphatic imine (C=N–C) groups is 2. The minimum Gasteiger partial charge on any atom is -0.444 e. The van der Waals surface area contributed by atoms with Gasteiger partial charge >= 0.3 is 12.2 Å². The molecule has 4 aromatic heterocycles. The lowest BCUT2D eigenvalue weighted by Crippen LogP contribution is -2.50. The fraction of sp³-hybridized carbons (Fsp3) is 0.333. The van der Waals surface area contributed by atoms with Crippen LogP contribution in [0.2, 0.25) is 0 Å². The Balaban J connectivity index is 0.000000160. The minimum atomic E-state index is -0.524. The largest absolute Gasteiger partial charge is 0.444 e. The molecule has 0 spiro atoms. The Hall–Kier alpha value is -7.79. The number of pyridine rings is 4. The highest BCUT2D eigenvalue weighted by Gasteiger charge is 2.28.